The van der Waals surface area contributed by atoms with Crippen molar-refractivity contribution >= 4 is 45.6 Å². The molecule has 0 amide bonds. The van der Waals surface area contributed by atoms with Gasteiger partial charge in [0.1, 0.15) is 11.5 Å². The number of unbranched alkanes of at least 4 members (excludes halogenated alkanes) is 14. The van der Waals surface area contributed by atoms with E-state index in [1.54, 1.807) is 36.4 Å². The van der Waals surface area contributed by atoms with Gasteiger partial charge >= 0.3 is 4.38 Å². The van der Waals surface area contributed by atoms with Gasteiger partial charge in [0.25, 0.3) is 19.7 Å². The van der Waals surface area contributed by atoms with Crippen LogP contribution in [0.4, 0.5) is 0 Å². The van der Waals surface area contributed by atoms with Crippen LogP contribution in [-0.4, -0.2) is 39.2 Å². The lowest BCUT2D eigenvalue weighted by atomic mass is 10.1. The summed E-state index contributed by atoms with van der Waals surface area (Å²) in [5, 5.41) is 2.64. The van der Waals surface area contributed by atoms with Gasteiger partial charge in [-0.25, -0.2) is 16.8 Å². The van der Waals surface area contributed by atoms with Gasteiger partial charge in [0.05, 0.1) is 23.0 Å². The Balaban J connectivity index is 1.36. The lowest BCUT2D eigenvalue weighted by molar-refractivity contribution is 0.00380. The zero-order valence-electron chi connectivity index (χ0n) is 30.3. The maximum Gasteiger partial charge on any atom is 0.504 e. The average molecular weight is 735 g/mol. The number of ether oxygens (including phenoxy) is 2. The molecule has 0 saturated heterocycles. The Labute approximate surface area is 305 Å². The molecular formula is C41H54N2O6S2. The average Bonchev–Trinajstić information content (AvgIpc) is 3.13. The second-order valence-corrected chi connectivity index (χ2v) is 17.3. The molecule has 10 heteroatoms. The largest absolute Gasteiger partial charge is 0.504 e. The highest BCUT2D eigenvalue weighted by molar-refractivity contribution is 8.31. The van der Waals surface area contributed by atoms with E-state index in [1.165, 1.54) is 101 Å². The number of nitrogens with zero attached hydrogens (tertiary/aromatic N) is 2. The Morgan fingerprint density at radius 1 is 0.490 bits per heavy atom. The number of sulfone groups is 2. The monoisotopic (exact) mass is 734 g/mol. The van der Waals surface area contributed by atoms with Crippen molar-refractivity contribution < 1.29 is 31.1 Å². The zero-order valence-corrected chi connectivity index (χ0v) is 31.9. The van der Waals surface area contributed by atoms with Crippen molar-refractivity contribution in [3.8, 4) is 11.5 Å². The summed E-state index contributed by atoms with van der Waals surface area (Å²) in [7, 11) is -9.42. The first-order chi connectivity index (χ1) is 24.7. The first kappa shape index (κ1) is 40.1. The maximum atomic E-state index is 13.6. The molecule has 4 aromatic rings. The molecule has 276 valence electrons. The number of benzene rings is 4. The van der Waals surface area contributed by atoms with Crippen molar-refractivity contribution in [1.29, 1.82) is 0 Å². The van der Waals surface area contributed by atoms with Crippen LogP contribution in [0, 0.1) is 0 Å². The van der Waals surface area contributed by atoms with Crippen molar-refractivity contribution in [2.75, 3.05) is 13.2 Å². The minimum Gasteiger partial charge on any atom is -0.494 e. The molecule has 0 aliphatic rings. The van der Waals surface area contributed by atoms with Crippen molar-refractivity contribution in [1.82, 2.24) is 0 Å². The van der Waals surface area contributed by atoms with Gasteiger partial charge in [-0.2, -0.15) is 0 Å². The van der Waals surface area contributed by atoms with E-state index in [-0.39, 0.29) is 9.79 Å². The first-order valence-corrected chi connectivity index (χ1v) is 21.7. The summed E-state index contributed by atoms with van der Waals surface area (Å²) in [5.41, 5.74) is 9.79. The fraction of sp³-hybridized carbons (Fsp3) is 0.488. The second-order valence-electron chi connectivity index (χ2n) is 13.4. The highest BCUT2D eigenvalue weighted by Gasteiger charge is 2.44. The SMILES string of the molecule is CCCCCCCCCCOc1ccc2cc(S(=O)(=O)C(=[N+]=[N-])S(=O)(=O)c3ccc4cc(OCCCCCCCCCC)ccc4c3)ccc2c1. The van der Waals surface area contributed by atoms with Crippen molar-refractivity contribution in [2.45, 2.75) is 126 Å². The van der Waals surface area contributed by atoms with E-state index in [0.29, 0.717) is 35.5 Å². The third-order valence-corrected chi connectivity index (χ3v) is 13.4. The molecule has 8 nitrogen and oxygen atoms in total. The molecule has 0 aliphatic carbocycles. The van der Waals surface area contributed by atoms with Gasteiger partial charge in [0.15, 0.2) is 0 Å². The third kappa shape index (κ3) is 11.6. The van der Waals surface area contributed by atoms with Gasteiger partial charge in [-0.15, -0.1) is 4.79 Å². The first-order valence-electron chi connectivity index (χ1n) is 18.8. The molecule has 4 rings (SSSR count). The van der Waals surface area contributed by atoms with Crippen LogP contribution in [0.5, 0.6) is 11.5 Å². The summed E-state index contributed by atoms with van der Waals surface area (Å²) in [6.07, 6.45) is 19.4. The van der Waals surface area contributed by atoms with Crippen molar-refractivity contribution in [2.24, 2.45) is 0 Å². The molecule has 0 aromatic heterocycles. The van der Waals surface area contributed by atoms with E-state index in [9.17, 15) is 22.4 Å². The summed E-state index contributed by atoms with van der Waals surface area (Å²) in [6, 6.07) is 19.2. The zero-order chi connectivity index (χ0) is 36.5. The predicted octanol–water partition coefficient (Wildman–Crippen LogP) is 10.9. The van der Waals surface area contributed by atoms with Gasteiger partial charge in [-0.1, -0.05) is 128 Å². The Bertz CT molecular complexity index is 1850. The molecule has 51 heavy (non-hydrogen) atoms. The molecule has 4 aromatic carbocycles. The van der Waals surface area contributed by atoms with Crippen LogP contribution in [0.25, 0.3) is 27.1 Å². The van der Waals surface area contributed by atoms with Crippen LogP contribution in [0.3, 0.4) is 0 Å². The van der Waals surface area contributed by atoms with E-state index in [0.717, 1.165) is 36.5 Å². The molecule has 0 fully saturated rings. The summed E-state index contributed by atoms with van der Waals surface area (Å²) < 4.78 is 65.0. The Morgan fingerprint density at radius 3 is 1.20 bits per heavy atom. The molecule has 0 N–H and O–H groups in total. The number of rotatable bonds is 22. The molecular weight excluding hydrogens is 681 g/mol. The molecule has 0 bridgehead atoms. The van der Waals surface area contributed by atoms with Gasteiger partial charge in [-0.3, -0.25) is 0 Å². The Hall–Kier alpha value is -3.72. The molecule has 0 unspecified atom stereocenters. The van der Waals surface area contributed by atoms with E-state index >= 15 is 0 Å². The number of fused-ring (bicyclic) bond motifs is 2. The Kier molecular flexibility index (Phi) is 16.0. The molecule has 0 radical (unpaired) electrons. The highest BCUT2D eigenvalue weighted by Crippen LogP contribution is 2.29. The fourth-order valence-corrected chi connectivity index (χ4v) is 9.63. The van der Waals surface area contributed by atoms with Gasteiger partial charge < -0.3 is 15.0 Å². The van der Waals surface area contributed by atoms with E-state index in [2.05, 4.69) is 18.6 Å². The van der Waals surface area contributed by atoms with Crippen LogP contribution in [-0.2, 0) is 19.7 Å². The minimum absolute atomic E-state index is 0.293. The van der Waals surface area contributed by atoms with Crippen LogP contribution >= 0.6 is 0 Å². The maximum absolute atomic E-state index is 13.6. The van der Waals surface area contributed by atoms with Gasteiger partial charge in [0.2, 0.25) is 0 Å². The van der Waals surface area contributed by atoms with Crippen LogP contribution in [0.2, 0.25) is 0 Å². The molecule has 0 aliphatic heterocycles. The number of hydrogen-bond acceptors (Lipinski definition) is 6. The van der Waals surface area contributed by atoms with E-state index in [1.807, 2.05) is 12.1 Å². The quantitative estimate of drug-likeness (QED) is 0.0260. The highest BCUT2D eigenvalue weighted by atomic mass is 32.3. The smallest absolute Gasteiger partial charge is 0.494 e. The molecule has 0 spiro atoms. The normalized spacial score (nSPS) is 11.9. The standard InChI is InChI=1S/C41H54N2O6S2/c1-3-5-7-9-11-13-15-17-27-48-37-23-19-35-31-39(25-21-33(35)29-37)50(44,45)41(43-42)51(46,47)40-26-22-34-30-38(24-20-36(34)32-40)49-28-18-16-14-12-10-8-6-4-2/h19-26,29-32H,3-18,27-28H2,1-2H3. The summed E-state index contributed by atoms with van der Waals surface area (Å²) >= 11 is 0. The van der Waals surface area contributed by atoms with Crippen LogP contribution in [0.15, 0.2) is 82.6 Å². The fourth-order valence-electron chi connectivity index (χ4n) is 6.22. The summed E-state index contributed by atoms with van der Waals surface area (Å²) in [5.74, 6) is 1.36. The van der Waals surface area contributed by atoms with Crippen molar-refractivity contribution in [3.05, 3.63) is 78.3 Å². The van der Waals surface area contributed by atoms with Gasteiger partial charge in [-0.05, 0) is 82.9 Å². The van der Waals surface area contributed by atoms with Gasteiger partial charge in [0, 0.05) is 0 Å². The lowest BCUT2D eigenvalue weighted by Crippen LogP contribution is -2.26. The lowest BCUT2D eigenvalue weighted by Gasteiger charge is -2.09. The molecule has 0 saturated carbocycles. The third-order valence-electron chi connectivity index (χ3n) is 9.26. The molecule has 0 heterocycles. The molecule has 0 atom stereocenters. The van der Waals surface area contributed by atoms with Crippen LogP contribution < -0.4 is 9.47 Å². The predicted molar refractivity (Wildman–Crippen MR) is 207 cm³/mol. The topological polar surface area (TPSA) is 123 Å². The minimum atomic E-state index is -4.71. The second kappa shape index (κ2) is 20.4. The van der Waals surface area contributed by atoms with Crippen molar-refractivity contribution in [3.63, 3.8) is 0 Å². The van der Waals surface area contributed by atoms with E-state index < -0.39 is 24.1 Å². The van der Waals surface area contributed by atoms with Crippen LogP contribution in [0.1, 0.15) is 117 Å². The summed E-state index contributed by atoms with van der Waals surface area (Å²) in [6.45, 7) is 5.64. The number of hydrogen-bond donors (Lipinski definition) is 0. The van der Waals surface area contributed by atoms with E-state index in [4.69, 9.17) is 9.47 Å². The Morgan fingerprint density at radius 2 is 0.824 bits per heavy atom. The summed E-state index contributed by atoms with van der Waals surface area (Å²) in [4.78, 5) is 2.23.